The lowest BCUT2D eigenvalue weighted by Crippen LogP contribution is -2.40. The first-order valence-corrected chi connectivity index (χ1v) is 8.88. The van der Waals surface area contributed by atoms with E-state index in [4.69, 9.17) is 9.47 Å². The molecule has 0 saturated heterocycles. The molecule has 0 aliphatic carbocycles. The van der Waals surface area contributed by atoms with Gasteiger partial charge in [0.2, 0.25) is 6.10 Å². The quantitative estimate of drug-likeness (QED) is 0.762. The summed E-state index contributed by atoms with van der Waals surface area (Å²) in [4.78, 5) is 17.4. The van der Waals surface area contributed by atoms with Crippen molar-refractivity contribution in [3.8, 4) is 11.5 Å². The second kappa shape index (κ2) is 7.13. The zero-order valence-electron chi connectivity index (χ0n) is 13.6. The largest absolute Gasteiger partial charge is 0.485 e. The molecule has 132 valence electrons. The van der Waals surface area contributed by atoms with Gasteiger partial charge in [0, 0.05) is 17.5 Å². The summed E-state index contributed by atoms with van der Waals surface area (Å²) in [5, 5.41) is 3.18. The maximum Gasteiger partial charge on any atom is 0.270 e. The molecular weight excluding hydrogens is 355 g/mol. The van der Waals surface area contributed by atoms with Crippen LogP contribution in [0.1, 0.15) is 10.4 Å². The Morgan fingerprint density at radius 3 is 2.81 bits per heavy atom. The van der Waals surface area contributed by atoms with Crippen LogP contribution < -0.4 is 14.8 Å². The molecule has 0 unspecified atom stereocenters. The molecule has 5 nitrogen and oxygen atoms in total. The van der Waals surface area contributed by atoms with Gasteiger partial charge in [-0.2, -0.15) is 0 Å². The van der Waals surface area contributed by atoms with Gasteiger partial charge in [-0.15, -0.1) is 11.3 Å². The van der Waals surface area contributed by atoms with E-state index < -0.39 is 6.10 Å². The van der Waals surface area contributed by atoms with Crippen LogP contribution in [0, 0.1) is 5.82 Å². The molecule has 1 aliphatic rings. The van der Waals surface area contributed by atoms with Crippen LogP contribution in [0.3, 0.4) is 0 Å². The number of carbonyl (C=O) groups excluding carboxylic acids is 1. The van der Waals surface area contributed by atoms with Crippen LogP contribution in [0.5, 0.6) is 11.5 Å². The van der Waals surface area contributed by atoms with Gasteiger partial charge in [-0.1, -0.05) is 30.3 Å². The number of halogens is 1. The Hall–Kier alpha value is -2.93. The molecule has 1 atom stereocenters. The molecule has 1 amide bonds. The predicted octanol–water partition coefficient (Wildman–Crippen LogP) is 3.65. The number of thiazole rings is 1. The van der Waals surface area contributed by atoms with E-state index >= 15 is 0 Å². The average molecular weight is 370 g/mol. The topological polar surface area (TPSA) is 60.5 Å². The average Bonchev–Trinajstić information content (AvgIpc) is 3.10. The van der Waals surface area contributed by atoms with Crippen LogP contribution in [0.4, 0.5) is 9.52 Å². The minimum atomic E-state index is -0.746. The van der Waals surface area contributed by atoms with Gasteiger partial charge >= 0.3 is 0 Å². The second-order valence-corrected chi connectivity index (χ2v) is 6.87. The van der Waals surface area contributed by atoms with E-state index in [0.29, 0.717) is 28.6 Å². The Morgan fingerprint density at radius 2 is 1.96 bits per heavy atom. The first-order chi connectivity index (χ1) is 12.7. The fourth-order valence-corrected chi connectivity index (χ4v) is 3.45. The van der Waals surface area contributed by atoms with Crippen molar-refractivity contribution < 1.29 is 18.7 Å². The number of carbonyl (C=O) groups is 1. The van der Waals surface area contributed by atoms with Crippen molar-refractivity contribution in [2.75, 3.05) is 11.9 Å². The Labute approximate surface area is 153 Å². The number of amides is 1. The van der Waals surface area contributed by atoms with Gasteiger partial charge in [-0.05, 0) is 23.8 Å². The third-order valence-corrected chi connectivity index (χ3v) is 4.82. The zero-order valence-corrected chi connectivity index (χ0v) is 14.5. The van der Waals surface area contributed by atoms with E-state index in [2.05, 4.69) is 10.3 Å². The number of para-hydroxylation sites is 2. The van der Waals surface area contributed by atoms with Crippen molar-refractivity contribution in [3.63, 3.8) is 0 Å². The van der Waals surface area contributed by atoms with Crippen molar-refractivity contribution in [3.05, 3.63) is 71.0 Å². The molecule has 0 bridgehead atoms. The van der Waals surface area contributed by atoms with E-state index in [9.17, 15) is 9.18 Å². The highest BCUT2D eigenvalue weighted by Gasteiger charge is 2.27. The highest BCUT2D eigenvalue weighted by molar-refractivity contribution is 7.15. The number of fused-ring (bicyclic) bond motifs is 1. The third kappa shape index (κ3) is 3.52. The predicted molar refractivity (Wildman–Crippen MR) is 96.3 cm³/mol. The maximum absolute atomic E-state index is 13.7. The Morgan fingerprint density at radius 1 is 1.19 bits per heavy atom. The number of nitrogens with one attached hydrogen (secondary N) is 1. The van der Waals surface area contributed by atoms with Crippen LogP contribution >= 0.6 is 11.3 Å². The summed E-state index contributed by atoms with van der Waals surface area (Å²) in [6, 6.07) is 13.8. The van der Waals surface area contributed by atoms with Crippen LogP contribution in [-0.4, -0.2) is 23.6 Å². The normalized spacial score (nSPS) is 15.5. The summed E-state index contributed by atoms with van der Waals surface area (Å²) in [5.74, 6) is 0.584. The molecule has 1 aromatic heterocycles. The van der Waals surface area contributed by atoms with Gasteiger partial charge in [0.25, 0.3) is 5.91 Å². The SMILES string of the molecule is O=C(Nc1ncc(Cc2ccccc2F)s1)[C@H]1COc2ccccc2O1. The highest BCUT2D eigenvalue weighted by atomic mass is 32.1. The molecule has 3 aromatic rings. The van der Waals surface area contributed by atoms with Gasteiger partial charge in [0.1, 0.15) is 12.4 Å². The lowest BCUT2D eigenvalue weighted by Gasteiger charge is -2.25. The zero-order chi connectivity index (χ0) is 17.9. The van der Waals surface area contributed by atoms with Gasteiger partial charge in [0.05, 0.1) is 0 Å². The number of rotatable bonds is 4. The summed E-state index contributed by atoms with van der Waals surface area (Å²) in [6.45, 7) is 0.135. The molecule has 4 rings (SSSR count). The van der Waals surface area contributed by atoms with E-state index in [-0.39, 0.29) is 18.3 Å². The van der Waals surface area contributed by atoms with Crippen LogP contribution in [0.2, 0.25) is 0 Å². The third-order valence-electron chi connectivity index (χ3n) is 3.91. The van der Waals surface area contributed by atoms with Crippen molar-refractivity contribution in [2.24, 2.45) is 0 Å². The number of ether oxygens (including phenoxy) is 2. The highest BCUT2D eigenvalue weighted by Crippen LogP contribution is 2.31. The molecule has 26 heavy (non-hydrogen) atoms. The van der Waals surface area contributed by atoms with Crippen molar-refractivity contribution in [2.45, 2.75) is 12.5 Å². The summed E-state index contributed by atoms with van der Waals surface area (Å²) >= 11 is 1.31. The molecule has 0 radical (unpaired) electrons. The van der Waals surface area contributed by atoms with E-state index in [1.165, 1.54) is 17.4 Å². The van der Waals surface area contributed by atoms with Gasteiger partial charge < -0.3 is 9.47 Å². The first-order valence-electron chi connectivity index (χ1n) is 8.06. The molecule has 2 aromatic carbocycles. The monoisotopic (exact) mass is 370 g/mol. The summed E-state index contributed by atoms with van der Waals surface area (Å²) in [6.07, 6.45) is 1.32. The molecule has 0 fully saturated rings. The number of nitrogens with zero attached hydrogens (tertiary/aromatic N) is 1. The number of aromatic nitrogens is 1. The second-order valence-electron chi connectivity index (χ2n) is 5.75. The van der Waals surface area contributed by atoms with E-state index in [1.807, 2.05) is 12.1 Å². The van der Waals surface area contributed by atoms with Gasteiger partial charge in [-0.3, -0.25) is 10.1 Å². The fourth-order valence-electron chi connectivity index (χ4n) is 2.61. The summed E-state index contributed by atoms with van der Waals surface area (Å²) in [5.41, 5.74) is 0.592. The lowest BCUT2D eigenvalue weighted by atomic mass is 10.1. The minimum Gasteiger partial charge on any atom is -0.485 e. The number of hydrogen-bond donors (Lipinski definition) is 1. The van der Waals surface area contributed by atoms with E-state index in [0.717, 1.165) is 4.88 Å². The van der Waals surface area contributed by atoms with Crippen molar-refractivity contribution in [1.29, 1.82) is 0 Å². The van der Waals surface area contributed by atoms with Gasteiger partial charge in [0.15, 0.2) is 16.6 Å². The molecule has 7 heteroatoms. The van der Waals surface area contributed by atoms with Crippen LogP contribution in [0.15, 0.2) is 54.7 Å². The molecule has 1 aliphatic heterocycles. The maximum atomic E-state index is 13.7. The number of benzene rings is 2. The minimum absolute atomic E-state index is 0.135. The smallest absolute Gasteiger partial charge is 0.270 e. The molecule has 0 spiro atoms. The Bertz CT molecular complexity index is 944. The lowest BCUT2D eigenvalue weighted by molar-refractivity contribution is -0.125. The molecule has 0 saturated carbocycles. The van der Waals surface area contributed by atoms with Crippen molar-refractivity contribution in [1.82, 2.24) is 4.98 Å². The van der Waals surface area contributed by atoms with E-state index in [1.54, 1.807) is 36.5 Å². The summed E-state index contributed by atoms with van der Waals surface area (Å²) in [7, 11) is 0. The number of hydrogen-bond acceptors (Lipinski definition) is 5. The van der Waals surface area contributed by atoms with Crippen LogP contribution in [0.25, 0.3) is 0 Å². The fraction of sp³-hybridized carbons (Fsp3) is 0.158. The standard InChI is InChI=1S/C19H15FN2O3S/c20-14-6-2-1-5-12(14)9-13-10-21-19(26-13)22-18(23)17-11-24-15-7-3-4-8-16(15)25-17/h1-8,10,17H,9,11H2,(H,21,22,23)/t17-/m1/s1. The van der Waals surface area contributed by atoms with Crippen LogP contribution in [-0.2, 0) is 11.2 Å². The Kier molecular flexibility index (Phi) is 4.53. The first kappa shape index (κ1) is 16.5. The number of anilines is 1. The summed E-state index contributed by atoms with van der Waals surface area (Å²) < 4.78 is 25.0. The van der Waals surface area contributed by atoms with Crippen molar-refractivity contribution >= 4 is 22.4 Å². The Balaban J connectivity index is 1.40. The molecular formula is C19H15FN2O3S. The van der Waals surface area contributed by atoms with Gasteiger partial charge in [-0.25, -0.2) is 9.37 Å². The molecule has 1 N–H and O–H groups in total. The molecule has 2 heterocycles.